The number of amides is 2. The first-order chi connectivity index (χ1) is 17.4. The first-order valence-electron chi connectivity index (χ1n) is 10.8. The Hall–Kier alpha value is -3.79. The van der Waals surface area contributed by atoms with Crippen LogP contribution in [0.25, 0.3) is 0 Å². The lowest BCUT2D eigenvalue weighted by atomic mass is 10.0. The molecule has 2 atom stereocenters. The van der Waals surface area contributed by atoms with Gasteiger partial charge < -0.3 is 22.1 Å². The van der Waals surface area contributed by atoms with E-state index in [2.05, 4.69) is 16.1 Å². The number of hydrazine groups is 1. The lowest BCUT2D eigenvalue weighted by Crippen LogP contribution is -2.56. The molecule has 0 spiro atoms. The molecule has 0 heterocycles. The summed E-state index contributed by atoms with van der Waals surface area (Å²) in [7, 11) is -4.36. The zero-order valence-electron chi connectivity index (χ0n) is 19.4. The van der Waals surface area contributed by atoms with Gasteiger partial charge in [0.05, 0.1) is 9.82 Å². The Bertz CT molecular complexity index is 1240. The number of benzene rings is 2. The van der Waals surface area contributed by atoms with Crippen molar-refractivity contribution in [1.29, 1.82) is 5.41 Å². The van der Waals surface area contributed by atoms with Crippen LogP contribution in [0, 0.1) is 15.5 Å². The maximum atomic E-state index is 13.0. The third-order valence-electron chi connectivity index (χ3n) is 5.04. The second kappa shape index (κ2) is 13.5. The van der Waals surface area contributed by atoms with Gasteiger partial charge in [-0.05, 0) is 30.5 Å². The molecule has 0 fully saturated rings. The highest BCUT2D eigenvalue weighted by Gasteiger charge is 2.27. The number of nitrogens with zero attached hydrogens (tertiary/aromatic N) is 1. The highest BCUT2D eigenvalue weighted by Crippen LogP contribution is 2.26. The number of nitrogens with one attached hydrogen (secondary N) is 5. The van der Waals surface area contributed by atoms with Gasteiger partial charge in [0, 0.05) is 19.0 Å². The molecule has 14 nitrogen and oxygen atoms in total. The number of nitro benzene ring substituents is 1. The monoisotopic (exact) mass is 554 g/mol. The number of nitrogens with two attached hydrogens (primary N) is 2. The molecule has 16 heteroatoms. The second-order valence-electron chi connectivity index (χ2n) is 7.81. The molecule has 0 radical (unpaired) electrons. The zero-order chi connectivity index (χ0) is 27.6. The summed E-state index contributed by atoms with van der Waals surface area (Å²) in [4.78, 5) is 36.8. The van der Waals surface area contributed by atoms with Crippen molar-refractivity contribution in [1.82, 2.24) is 20.9 Å². The van der Waals surface area contributed by atoms with Crippen LogP contribution in [0.3, 0.4) is 0 Å². The van der Waals surface area contributed by atoms with E-state index >= 15 is 0 Å². The summed E-state index contributed by atoms with van der Waals surface area (Å²) in [5.41, 5.74) is 13.2. The van der Waals surface area contributed by atoms with Crippen molar-refractivity contribution < 1.29 is 22.9 Å². The molecule has 200 valence electrons. The van der Waals surface area contributed by atoms with E-state index in [1.165, 1.54) is 0 Å². The van der Waals surface area contributed by atoms with Crippen molar-refractivity contribution in [2.24, 2.45) is 11.5 Å². The van der Waals surface area contributed by atoms with Gasteiger partial charge in [-0.1, -0.05) is 41.9 Å². The molecule has 2 aromatic carbocycles. The van der Waals surface area contributed by atoms with Gasteiger partial charge in [-0.25, -0.2) is 13.8 Å². The number of halogens is 1. The Morgan fingerprint density at radius 2 is 1.78 bits per heavy atom. The van der Waals surface area contributed by atoms with Gasteiger partial charge in [0.25, 0.3) is 15.7 Å². The Labute approximate surface area is 217 Å². The predicted molar refractivity (Wildman–Crippen MR) is 136 cm³/mol. The van der Waals surface area contributed by atoms with Crippen molar-refractivity contribution >= 4 is 45.1 Å². The number of primary amides is 1. The topological polar surface area (TPSA) is 235 Å². The summed E-state index contributed by atoms with van der Waals surface area (Å²) in [5.74, 6) is -1.80. The van der Waals surface area contributed by atoms with E-state index in [9.17, 15) is 28.1 Å². The summed E-state index contributed by atoms with van der Waals surface area (Å²) < 4.78 is 25.5. The molecule has 0 aliphatic carbocycles. The molecule has 2 amide bonds. The lowest BCUT2D eigenvalue weighted by molar-refractivity contribution is -0.384. The molecule has 0 aromatic heterocycles. The van der Waals surface area contributed by atoms with E-state index in [4.69, 9.17) is 28.5 Å². The number of nitro groups is 1. The maximum Gasteiger partial charge on any atom is 0.289 e. The average molecular weight is 555 g/mol. The van der Waals surface area contributed by atoms with Crippen LogP contribution in [0.4, 0.5) is 5.69 Å². The number of hydrogen-bond donors (Lipinski definition) is 7. The van der Waals surface area contributed by atoms with Gasteiger partial charge in [-0.3, -0.25) is 25.1 Å². The molecule has 9 N–H and O–H groups in total. The number of hydrogen-bond acceptors (Lipinski definition) is 8. The minimum Gasteiger partial charge on any atom is -0.370 e. The molecule has 0 unspecified atom stereocenters. The van der Waals surface area contributed by atoms with Gasteiger partial charge in [-0.15, -0.1) is 4.83 Å². The molecule has 37 heavy (non-hydrogen) atoms. The van der Waals surface area contributed by atoms with Gasteiger partial charge in [-0.2, -0.15) is 0 Å². The number of guanidine groups is 1. The first-order valence-corrected chi connectivity index (χ1v) is 12.7. The van der Waals surface area contributed by atoms with Crippen LogP contribution in [0.15, 0.2) is 53.4 Å². The van der Waals surface area contributed by atoms with Crippen LogP contribution >= 0.6 is 11.6 Å². The molecular weight excluding hydrogens is 528 g/mol. The molecule has 0 saturated carbocycles. The summed E-state index contributed by atoms with van der Waals surface area (Å²) >= 11 is 5.74. The van der Waals surface area contributed by atoms with E-state index in [1.807, 2.05) is 4.83 Å². The van der Waals surface area contributed by atoms with Crippen molar-refractivity contribution in [3.63, 3.8) is 0 Å². The Morgan fingerprint density at radius 1 is 1.11 bits per heavy atom. The van der Waals surface area contributed by atoms with Gasteiger partial charge in [0.2, 0.25) is 11.8 Å². The quantitative estimate of drug-likeness (QED) is 0.0540. The smallest absolute Gasteiger partial charge is 0.289 e. The van der Waals surface area contributed by atoms with Crippen molar-refractivity contribution in [2.75, 3.05) is 6.54 Å². The Kier molecular flexibility index (Phi) is 10.7. The van der Waals surface area contributed by atoms with Crippen LogP contribution in [-0.2, 0) is 26.0 Å². The number of carbonyl (C=O) groups excluding carboxylic acids is 2. The average Bonchev–Trinajstić information content (AvgIpc) is 2.83. The maximum absolute atomic E-state index is 13.0. The fraction of sp³-hybridized carbons (Fsp3) is 0.286. The molecule has 0 aliphatic rings. The third-order valence-corrected chi connectivity index (χ3v) is 6.62. The van der Waals surface area contributed by atoms with Crippen LogP contribution in [0.1, 0.15) is 18.4 Å². The van der Waals surface area contributed by atoms with Crippen LogP contribution < -0.4 is 32.4 Å². The Morgan fingerprint density at radius 3 is 2.38 bits per heavy atom. The van der Waals surface area contributed by atoms with E-state index in [0.29, 0.717) is 0 Å². The molecule has 0 bridgehead atoms. The highest BCUT2D eigenvalue weighted by molar-refractivity contribution is 7.89. The predicted octanol–water partition coefficient (Wildman–Crippen LogP) is -0.124. The summed E-state index contributed by atoms with van der Waals surface area (Å²) in [5, 5.41) is 23.1. The molecule has 0 saturated heterocycles. The van der Waals surface area contributed by atoms with Gasteiger partial charge >= 0.3 is 0 Å². The third kappa shape index (κ3) is 9.30. The number of rotatable bonds is 14. The van der Waals surface area contributed by atoms with E-state index < -0.39 is 49.4 Å². The fourth-order valence-corrected chi connectivity index (χ4v) is 4.27. The van der Waals surface area contributed by atoms with Crippen molar-refractivity contribution in [3.8, 4) is 0 Å². The van der Waals surface area contributed by atoms with Crippen molar-refractivity contribution in [3.05, 3.63) is 69.2 Å². The molecule has 0 aliphatic heterocycles. The highest BCUT2D eigenvalue weighted by atomic mass is 35.5. The minimum atomic E-state index is -4.36. The van der Waals surface area contributed by atoms with Crippen LogP contribution in [-0.4, -0.2) is 49.7 Å². The molecular formula is C21H27ClN8O6S. The summed E-state index contributed by atoms with van der Waals surface area (Å²) in [6.45, 7) is 0.209. The summed E-state index contributed by atoms with van der Waals surface area (Å²) in [6, 6.07) is 9.46. The first kappa shape index (κ1) is 29.4. The lowest BCUT2D eigenvalue weighted by Gasteiger charge is -2.22. The normalized spacial score (nSPS) is 12.8. The molecule has 2 rings (SSSR count). The van der Waals surface area contributed by atoms with Crippen molar-refractivity contribution in [2.45, 2.75) is 36.2 Å². The van der Waals surface area contributed by atoms with Gasteiger partial charge in [0.1, 0.15) is 17.1 Å². The van der Waals surface area contributed by atoms with E-state index in [1.54, 1.807) is 30.3 Å². The fourth-order valence-electron chi connectivity index (χ4n) is 3.15. The zero-order valence-corrected chi connectivity index (χ0v) is 21.0. The second-order valence-corrected chi connectivity index (χ2v) is 9.90. The number of carbonyl (C=O) groups is 2. The van der Waals surface area contributed by atoms with Gasteiger partial charge in [0.15, 0.2) is 5.96 Å². The van der Waals surface area contributed by atoms with E-state index in [-0.39, 0.29) is 36.8 Å². The number of sulfonamides is 1. The standard InChI is InChI=1S/C21H27ClN8O6S/c22-15-9-8-14(12-18(15)30(33)34)37(35,36)29-28-16(7-4-10-26-21(24)25)20(32)27-17(19(23)31)11-13-5-2-1-3-6-13/h1-3,5-6,8-9,12,16-17,28-29H,4,7,10-11H2,(H2,23,31)(H,27,32)(H4,24,25,26)/t16-,17-/m0/s1. The van der Waals surface area contributed by atoms with E-state index in [0.717, 1.165) is 23.8 Å². The van der Waals surface area contributed by atoms with Crippen LogP contribution in [0.5, 0.6) is 0 Å². The minimum absolute atomic E-state index is 0.0478. The summed E-state index contributed by atoms with van der Waals surface area (Å²) in [6.07, 6.45) is 0.436. The van der Waals surface area contributed by atoms with Crippen LogP contribution in [0.2, 0.25) is 5.02 Å². The largest absolute Gasteiger partial charge is 0.370 e. The Balaban J connectivity index is 2.18. The molecule has 2 aromatic rings. The SMILES string of the molecule is N=C(N)NCCC[C@H](NNS(=O)(=O)c1ccc(Cl)c([N+](=O)[O-])c1)C(=O)N[C@@H](Cc1ccccc1)C(N)=O.